The standard InChI is InChI=1S/C16H22N4O5/c1-16(2,3)25-15(22)19-10-8-18(9-11-19)14(21)17-12-6-4-5-7-13(12)20(23)24/h4-7H,8-11H2,1-3H3,(H,17,21). The van der Waals surface area contributed by atoms with Gasteiger partial charge < -0.3 is 19.9 Å². The van der Waals surface area contributed by atoms with E-state index < -0.39 is 22.6 Å². The minimum absolute atomic E-state index is 0.145. The van der Waals surface area contributed by atoms with Gasteiger partial charge >= 0.3 is 12.1 Å². The molecule has 1 aliphatic rings. The molecule has 9 nitrogen and oxygen atoms in total. The molecule has 2 rings (SSSR count). The van der Waals surface area contributed by atoms with Crippen molar-refractivity contribution in [1.29, 1.82) is 0 Å². The van der Waals surface area contributed by atoms with Crippen LogP contribution in [0.3, 0.4) is 0 Å². The van der Waals surface area contributed by atoms with Gasteiger partial charge in [-0.2, -0.15) is 0 Å². The van der Waals surface area contributed by atoms with Crippen molar-refractivity contribution in [2.24, 2.45) is 0 Å². The summed E-state index contributed by atoms with van der Waals surface area (Å²) >= 11 is 0. The number of nitrogens with zero attached hydrogens (tertiary/aromatic N) is 3. The number of para-hydroxylation sites is 2. The van der Waals surface area contributed by atoms with Crippen molar-refractivity contribution in [2.75, 3.05) is 31.5 Å². The molecule has 3 amide bonds. The van der Waals surface area contributed by atoms with Gasteiger partial charge in [-0.25, -0.2) is 9.59 Å². The number of carbonyl (C=O) groups excluding carboxylic acids is 2. The molecular weight excluding hydrogens is 328 g/mol. The van der Waals surface area contributed by atoms with Crippen LogP contribution in [-0.2, 0) is 4.74 Å². The normalized spacial score (nSPS) is 14.8. The summed E-state index contributed by atoms with van der Waals surface area (Å²) in [5.41, 5.74) is -0.590. The number of benzene rings is 1. The van der Waals surface area contributed by atoms with Crippen molar-refractivity contribution < 1.29 is 19.2 Å². The molecule has 1 aliphatic heterocycles. The van der Waals surface area contributed by atoms with E-state index in [-0.39, 0.29) is 11.4 Å². The van der Waals surface area contributed by atoms with E-state index in [2.05, 4.69) is 5.32 Å². The number of hydrogen-bond acceptors (Lipinski definition) is 5. The fraction of sp³-hybridized carbons (Fsp3) is 0.500. The molecule has 1 N–H and O–H groups in total. The SMILES string of the molecule is CC(C)(C)OC(=O)N1CCN(C(=O)Nc2ccccc2[N+](=O)[O-])CC1. The van der Waals surface area contributed by atoms with Crippen LogP contribution in [-0.4, -0.2) is 58.6 Å². The van der Waals surface area contributed by atoms with Gasteiger partial charge in [-0.05, 0) is 26.8 Å². The van der Waals surface area contributed by atoms with Crippen molar-refractivity contribution in [3.8, 4) is 0 Å². The Hall–Kier alpha value is -2.84. The van der Waals surface area contributed by atoms with Crippen molar-refractivity contribution in [1.82, 2.24) is 9.80 Å². The molecule has 0 unspecified atom stereocenters. The van der Waals surface area contributed by atoms with E-state index in [0.717, 1.165) is 0 Å². The van der Waals surface area contributed by atoms with Gasteiger partial charge in [-0.15, -0.1) is 0 Å². The van der Waals surface area contributed by atoms with Crippen molar-refractivity contribution >= 4 is 23.5 Å². The van der Waals surface area contributed by atoms with Crippen LogP contribution in [0.25, 0.3) is 0 Å². The van der Waals surface area contributed by atoms with E-state index in [9.17, 15) is 19.7 Å². The molecule has 1 aromatic carbocycles. The number of nitro groups is 1. The van der Waals surface area contributed by atoms with Crippen LogP contribution in [0.4, 0.5) is 21.0 Å². The second kappa shape index (κ2) is 7.37. The highest BCUT2D eigenvalue weighted by atomic mass is 16.6. The summed E-state index contributed by atoms with van der Waals surface area (Å²) in [5.74, 6) is 0. The van der Waals surface area contributed by atoms with Crippen LogP contribution in [0.5, 0.6) is 0 Å². The minimum Gasteiger partial charge on any atom is -0.444 e. The Morgan fingerprint density at radius 3 is 2.24 bits per heavy atom. The van der Waals surface area contributed by atoms with Crippen molar-refractivity contribution in [2.45, 2.75) is 26.4 Å². The van der Waals surface area contributed by atoms with Gasteiger partial charge in [0.05, 0.1) is 4.92 Å². The van der Waals surface area contributed by atoms with Gasteiger partial charge in [0.25, 0.3) is 5.69 Å². The number of carbonyl (C=O) groups is 2. The zero-order valence-corrected chi connectivity index (χ0v) is 14.5. The Kier molecular flexibility index (Phi) is 5.45. The van der Waals surface area contributed by atoms with Crippen molar-refractivity contribution in [3.63, 3.8) is 0 Å². The third-order valence-electron chi connectivity index (χ3n) is 3.56. The predicted molar refractivity (Wildman–Crippen MR) is 91.5 cm³/mol. The monoisotopic (exact) mass is 350 g/mol. The van der Waals surface area contributed by atoms with Crippen LogP contribution < -0.4 is 5.32 Å². The average Bonchev–Trinajstić information content (AvgIpc) is 2.53. The molecule has 0 radical (unpaired) electrons. The molecule has 1 heterocycles. The zero-order valence-electron chi connectivity index (χ0n) is 14.5. The largest absolute Gasteiger partial charge is 0.444 e. The first-order valence-corrected chi connectivity index (χ1v) is 7.94. The first-order chi connectivity index (χ1) is 11.7. The molecular formula is C16H22N4O5. The van der Waals surface area contributed by atoms with E-state index in [1.807, 2.05) is 0 Å². The third-order valence-corrected chi connectivity index (χ3v) is 3.56. The van der Waals surface area contributed by atoms with E-state index in [0.29, 0.717) is 26.2 Å². The molecule has 136 valence electrons. The number of anilines is 1. The molecule has 0 spiro atoms. The quantitative estimate of drug-likeness (QED) is 0.652. The van der Waals surface area contributed by atoms with Crippen LogP contribution in [0.15, 0.2) is 24.3 Å². The number of nitro benzene ring substituents is 1. The molecule has 1 aromatic rings. The molecule has 25 heavy (non-hydrogen) atoms. The lowest BCUT2D eigenvalue weighted by atomic mass is 10.2. The third kappa shape index (κ3) is 5.07. The topological polar surface area (TPSA) is 105 Å². The summed E-state index contributed by atoms with van der Waals surface area (Å²) in [4.78, 5) is 37.8. The molecule has 1 saturated heterocycles. The molecule has 0 bridgehead atoms. The van der Waals surface area contributed by atoms with Crippen LogP contribution in [0, 0.1) is 10.1 Å². The first kappa shape index (κ1) is 18.5. The van der Waals surface area contributed by atoms with Gasteiger partial charge in [0.15, 0.2) is 0 Å². The summed E-state index contributed by atoms with van der Waals surface area (Å²) in [5, 5.41) is 13.5. The first-order valence-electron chi connectivity index (χ1n) is 7.94. The van der Waals surface area contributed by atoms with Gasteiger partial charge in [-0.1, -0.05) is 12.1 Å². The number of hydrogen-bond donors (Lipinski definition) is 1. The Morgan fingerprint density at radius 2 is 1.68 bits per heavy atom. The average molecular weight is 350 g/mol. The molecule has 9 heteroatoms. The maximum absolute atomic E-state index is 12.3. The molecule has 0 aliphatic carbocycles. The molecule has 0 atom stereocenters. The summed E-state index contributed by atoms with van der Waals surface area (Å²) < 4.78 is 5.30. The van der Waals surface area contributed by atoms with Crippen LogP contribution >= 0.6 is 0 Å². The highest BCUT2D eigenvalue weighted by molar-refractivity contribution is 5.92. The number of amides is 3. The highest BCUT2D eigenvalue weighted by Crippen LogP contribution is 2.23. The lowest BCUT2D eigenvalue weighted by Gasteiger charge is -2.35. The number of nitrogens with one attached hydrogen (secondary N) is 1. The fourth-order valence-corrected chi connectivity index (χ4v) is 2.35. The maximum atomic E-state index is 12.3. The van der Waals surface area contributed by atoms with Gasteiger partial charge in [0.1, 0.15) is 11.3 Å². The van der Waals surface area contributed by atoms with Gasteiger partial charge in [0, 0.05) is 32.2 Å². The number of ether oxygens (including phenoxy) is 1. The lowest BCUT2D eigenvalue weighted by molar-refractivity contribution is -0.383. The number of piperazine rings is 1. The van der Waals surface area contributed by atoms with Gasteiger partial charge in [-0.3, -0.25) is 10.1 Å². The lowest BCUT2D eigenvalue weighted by Crippen LogP contribution is -2.52. The van der Waals surface area contributed by atoms with Crippen molar-refractivity contribution in [3.05, 3.63) is 34.4 Å². The Morgan fingerprint density at radius 1 is 1.12 bits per heavy atom. The number of rotatable bonds is 2. The highest BCUT2D eigenvalue weighted by Gasteiger charge is 2.28. The van der Waals surface area contributed by atoms with Gasteiger partial charge in [0.2, 0.25) is 0 Å². The molecule has 0 aromatic heterocycles. The predicted octanol–water partition coefficient (Wildman–Crippen LogP) is 2.68. The summed E-state index contributed by atoms with van der Waals surface area (Å²) in [6, 6.07) is 5.53. The Labute approximate surface area is 145 Å². The minimum atomic E-state index is -0.572. The fourth-order valence-electron chi connectivity index (χ4n) is 2.35. The Bertz CT molecular complexity index is 663. The second-order valence-electron chi connectivity index (χ2n) is 6.66. The van der Waals surface area contributed by atoms with Crippen LogP contribution in [0.1, 0.15) is 20.8 Å². The second-order valence-corrected chi connectivity index (χ2v) is 6.66. The number of urea groups is 1. The van der Waals surface area contributed by atoms with E-state index >= 15 is 0 Å². The summed E-state index contributed by atoms with van der Waals surface area (Å²) in [7, 11) is 0. The molecule has 1 fully saturated rings. The van der Waals surface area contributed by atoms with Crippen LogP contribution in [0.2, 0.25) is 0 Å². The Balaban J connectivity index is 1.92. The smallest absolute Gasteiger partial charge is 0.410 e. The summed E-state index contributed by atoms with van der Waals surface area (Å²) in [6.07, 6.45) is -0.411. The summed E-state index contributed by atoms with van der Waals surface area (Å²) in [6.45, 7) is 6.72. The van der Waals surface area contributed by atoms with E-state index in [1.165, 1.54) is 23.1 Å². The maximum Gasteiger partial charge on any atom is 0.410 e. The van der Waals surface area contributed by atoms with E-state index in [1.54, 1.807) is 31.7 Å². The van der Waals surface area contributed by atoms with E-state index in [4.69, 9.17) is 4.74 Å². The molecule has 0 saturated carbocycles. The zero-order chi connectivity index (χ0) is 18.6.